The molecule has 0 saturated heterocycles. The minimum Gasteiger partial charge on any atom is -0.494 e. The summed E-state index contributed by atoms with van der Waals surface area (Å²) in [6, 6.07) is 7.65. The van der Waals surface area contributed by atoms with Gasteiger partial charge in [0.2, 0.25) is 0 Å². The molecule has 0 amide bonds. The van der Waals surface area contributed by atoms with Crippen molar-refractivity contribution in [2.45, 2.75) is 25.7 Å². The molecule has 0 fully saturated rings. The van der Waals surface area contributed by atoms with Gasteiger partial charge >= 0.3 is 5.97 Å². The predicted molar refractivity (Wildman–Crippen MR) is 81.7 cm³/mol. The quantitative estimate of drug-likeness (QED) is 0.886. The summed E-state index contributed by atoms with van der Waals surface area (Å²) >= 11 is 1.53. The fraction of sp³-hybridized carbons (Fsp3) is 0.333. The highest BCUT2D eigenvalue weighted by atomic mass is 32.1. The zero-order chi connectivity index (χ0) is 14.8. The number of hydrogen-bond donors (Lipinski definition) is 2. The van der Waals surface area contributed by atoms with E-state index in [2.05, 4.69) is 10.3 Å². The maximum atomic E-state index is 11.2. The van der Waals surface area contributed by atoms with Gasteiger partial charge < -0.3 is 15.2 Å². The summed E-state index contributed by atoms with van der Waals surface area (Å²) in [4.78, 5) is 16.7. The smallest absolute Gasteiger partial charge is 0.312 e. The zero-order valence-corrected chi connectivity index (χ0v) is 12.4. The van der Waals surface area contributed by atoms with Crippen LogP contribution in [-0.2, 0) is 11.2 Å². The highest BCUT2D eigenvalue weighted by Crippen LogP contribution is 2.39. The summed E-state index contributed by atoms with van der Waals surface area (Å²) in [5.74, 6) is -0.444. The largest absolute Gasteiger partial charge is 0.494 e. The topological polar surface area (TPSA) is 71.5 Å². The summed E-state index contributed by atoms with van der Waals surface area (Å²) in [5, 5.41) is 13.1. The summed E-state index contributed by atoms with van der Waals surface area (Å²) in [5.41, 5.74) is 1.61. The minimum atomic E-state index is -0.788. The number of nitrogens with zero attached hydrogens (tertiary/aromatic N) is 1. The number of carboxylic acid groups (broad SMARTS) is 1. The van der Waals surface area contributed by atoms with Gasteiger partial charge in [-0.05, 0) is 31.9 Å². The van der Waals surface area contributed by atoms with Crippen molar-refractivity contribution in [1.82, 2.24) is 4.98 Å². The van der Waals surface area contributed by atoms with Gasteiger partial charge in [0.15, 0.2) is 5.13 Å². The van der Waals surface area contributed by atoms with Crippen molar-refractivity contribution in [3.05, 3.63) is 34.8 Å². The summed E-state index contributed by atoms with van der Waals surface area (Å²) in [7, 11) is 0. The maximum Gasteiger partial charge on any atom is 0.312 e. The molecule has 0 bridgehead atoms. The Morgan fingerprint density at radius 1 is 1.57 bits per heavy atom. The average Bonchev–Trinajstić information content (AvgIpc) is 2.98. The Morgan fingerprint density at radius 3 is 3.19 bits per heavy atom. The number of aromatic nitrogens is 1. The number of aliphatic carboxylic acids is 1. The van der Waals surface area contributed by atoms with Crippen molar-refractivity contribution in [1.29, 1.82) is 0 Å². The van der Waals surface area contributed by atoms with Gasteiger partial charge in [-0.2, -0.15) is 0 Å². The zero-order valence-electron chi connectivity index (χ0n) is 11.6. The molecule has 110 valence electrons. The predicted octanol–water partition coefficient (Wildman–Crippen LogP) is 3.40. The number of anilines is 2. The van der Waals surface area contributed by atoms with E-state index in [0.717, 1.165) is 33.6 Å². The molecule has 1 unspecified atom stereocenters. The Bertz CT molecular complexity index is 669. The number of nitrogens with one attached hydrogen (secondary N) is 1. The average molecular weight is 304 g/mol. The summed E-state index contributed by atoms with van der Waals surface area (Å²) in [6.45, 7) is 2.56. The molecule has 6 heteroatoms. The molecular weight excluding hydrogens is 288 g/mol. The first-order chi connectivity index (χ1) is 10.2. The van der Waals surface area contributed by atoms with Crippen LogP contribution in [0.5, 0.6) is 5.75 Å². The monoisotopic (exact) mass is 304 g/mol. The molecule has 1 aliphatic rings. The third-order valence-electron chi connectivity index (χ3n) is 3.41. The molecule has 0 saturated carbocycles. The van der Waals surface area contributed by atoms with Crippen molar-refractivity contribution >= 4 is 28.1 Å². The Kier molecular flexibility index (Phi) is 3.79. The van der Waals surface area contributed by atoms with Crippen LogP contribution in [0.25, 0.3) is 0 Å². The van der Waals surface area contributed by atoms with E-state index in [1.807, 2.05) is 31.2 Å². The number of thiazole rings is 1. The molecule has 3 rings (SSSR count). The standard InChI is InChI=1S/C15H16N2O3S/c1-2-20-10-5-3-4-9(8-10)16-15-17-13-11(14(18)19)6-7-12(13)21-15/h3-5,8,11H,2,6-7H2,1H3,(H,16,17)(H,18,19). The fourth-order valence-electron chi connectivity index (χ4n) is 2.47. The van der Waals surface area contributed by atoms with E-state index in [0.29, 0.717) is 13.0 Å². The normalized spacial score (nSPS) is 16.5. The molecule has 1 atom stereocenters. The highest BCUT2D eigenvalue weighted by Gasteiger charge is 2.32. The minimum absolute atomic E-state index is 0.457. The van der Waals surface area contributed by atoms with Crippen LogP contribution < -0.4 is 10.1 Å². The Hall–Kier alpha value is -2.08. The molecule has 21 heavy (non-hydrogen) atoms. The van der Waals surface area contributed by atoms with Crippen molar-refractivity contribution in [3.8, 4) is 5.75 Å². The first-order valence-corrected chi connectivity index (χ1v) is 7.71. The molecular formula is C15H16N2O3S. The molecule has 0 spiro atoms. The van der Waals surface area contributed by atoms with Crippen LogP contribution in [0.3, 0.4) is 0 Å². The van der Waals surface area contributed by atoms with Gasteiger partial charge in [-0.15, -0.1) is 11.3 Å². The van der Waals surface area contributed by atoms with Crippen molar-refractivity contribution in [3.63, 3.8) is 0 Å². The van der Waals surface area contributed by atoms with Gasteiger partial charge in [-0.25, -0.2) is 4.98 Å². The molecule has 5 nitrogen and oxygen atoms in total. The number of benzene rings is 1. The van der Waals surface area contributed by atoms with Gasteiger partial charge in [0.25, 0.3) is 0 Å². The van der Waals surface area contributed by atoms with E-state index in [1.54, 1.807) is 0 Å². The van der Waals surface area contributed by atoms with E-state index < -0.39 is 11.9 Å². The van der Waals surface area contributed by atoms with E-state index >= 15 is 0 Å². The van der Waals surface area contributed by atoms with Crippen LogP contribution in [0.2, 0.25) is 0 Å². The van der Waals surface area contributed by atoms with Crippen LogP contribution in [0, 0.1) is 0 Å². The number of hydrogen-bond acceptors (Lipinski definition) is 5. The van der Waals surface area contributed by atoms with Crippen LogP contribution in [-0.4, -0.2) is 22.7 Å². The van der Waals surface area contributed by atoms with Gasteiger partial charge in [0, 0.05) is 16.6 Å². The lowest BCUT2D eigenvalue weighted by Crippen LogP contribution is -2.08. The number of carbonyl (C=O) groups is 1. The van der Waals surface area contributed by atoms with Crippen LogP contribution >= 0.6 is 11.3 Å². The van der Waals surface area contributed by atoms with Crippen LogP contribution in [0.4, 0.5) is 10.8 Å². The van der Waals surface area contributed by atoms with Crippen LogP contribution in [0.1, 0.15) is 29.8 Å². The maximum absolute atomic E-state index is 11.2. The van der Waals surface area contributed by atoms with E-state index in [1.165, 1.54) is 11.3 Å². The fourth-order valence-corrected chi connectivity index (χ4v) is 3.53. The lowest BCUT2D eigenvalue weighted by molar-refractivity contribution is -0.138. The number of ether oxygens (including phenoxy) is 1. The summed E-state index contributed by atoms with van der Waals surface area (Å²) < 4.78 is 5.46. The highest BCUT2D eigenvalue weighted by molar-refractivity contribution is 7.15. The molecule has 1 aromatic carbocycles. The second kappa shape index (κ2) is 5.73. The first kappa shape index (κ1) is 13.9. The van der Waals surface area contributed by atoms with Gasteiger partial charge in [-0.1, -0.05) is 6.07 Å². The Balaban J connectivity index is 1.79. The molecule has 1 heterocycles. The van der Waals surface area contributed by atoms with Crippen molar-refractivity contribution < 1.29 is 14.6 Å². The first-order valence-electron chi connectivity index (χ1n) is 6.89. The van der Waals surface area contributed by atoms with Gasteiger partial charge in [0.1, 0.15) is 11.7 Å². The van der Waals surface area contributed by atoms with Crippen molar-refractivity contribution in [2.24, 2.45) is 0 Å². The summed E-state index contributed by atoms with van der Waals surface area (Å²) in [6.07, 6.45) is 1.45. The lowest BCUT2D eigenvalue weighted by atomic mass is 10.1. The van der Waals surface area contributed by atoms with Gasteiger partial charge in [0.05, 0.1) is 12.3 Å². The number of aryl methyl sites for hydroxylation is 1. The van der Waals surface area contributed by atoms with E-state index in [-0.39, 0.29) is 0 Å². The van der Waals surface area contributed by atoms with E-state index in [4.69, 9.17) is 4.74 Å². The lowest BCUT2D eigenvalue weighted by Gasteiger charge is -2.07. The number of rotatable bonds is 5. The Labute approximate surface area is 126 Å². The van der Waals surface area contributed by atoms with E-state index in [9.17, 15) is 9.90 Å². The van der Waals surface area contributed by atoms with Gasteiger partial charge in [-0.3, -0.25) is 4.79 Å². The number of carboxylic acids is 1. The molecule has 1 aliphatic carbocycles. The third-order valence-corrected chi connectivity index (χ3v) is 4.46. The SMILES string of the molecule is CCOc1cccc(Nc2nc3c(s2)CCC3C(=O)O)c1. The molecule has 0 radical (unpaired) electrons. The second-order valence-electron chi connectivity index (χ2n) is 4.84. The number of fused-ring (bicyclic) bond motifs is 1. The molecule has 2 aromatic rings. The second-order valence-corrected chi connectivity index (χ2v) is 5.93. The third kappa shape index (κ3) is 2.85. The molecule has 0 aliphatic heterocycles. The van der Waals surface area contributed by atoms with Crippen molar-refractivity contribution in [2.75, 3.05) is 11.9 Å². The molecule has 2 N–H and O–H groups in total. The molecule has 1 aromatic heterocycles. The Morgan fingerprint density at radius 2 is 2.43 bits per heavy atom. The van der Waals surface area contributed by atoms with Crippen LogP contribution in [0.15, 0.2) is 24.3 Å².